The number of thiophene rings is 1. The molecule has 0 amide bonds. The molecule has 0 saturated carbocycles. The molecule has 29 heavy (non-hydrogen) atoms. The minimum Gasteiger partial charge on any atom is -0.264 e. The zero-order chi connectivity index (χ0) is 19.2. The van der Waals surface area contributed by atoms with E-state index in [-0.39, 0.29) is 0 Å². The summed E-state index contributed by atoms with van der Waals surface area (Å²) in [4.78, 5) is 10.9. The average molecular weight is 413 g/mol. The molecule has 0 atom stereocenters. The van der Waals surface area contributed by atoms with Crippen molar-refractivity contribution in [2.24, 2.45) is 0 Å². The molecular weight excluding hydrogens is 400 g/mol. The summed E-state index contributed by atoms with van der Waals surface area (Å²) in [6.45, 7) is 0. The average Bonchev–Trinajstić information content (AvgIpc) is 3.51. The molecule has 0 radical (unpaired) electrons. The first kappa shape index (κ1) is 16.5. The fraction of sp³-hybridized carbons (Fsp3) is 0. The Labute approximate surface area is 173 Å². The van der Waals surface area contributed by atoms with Gasteiger partial charge < -0.3 is 0 Å². The van der Waals surface area contributed by atoms with Crippen LogP contribution in [0, 0.1) is 0 Å². The lowest BCUT2D eigenvalue weighted by atomic mass is 10.1. The van der Waals surface area contributed by atoms with Gasteiger partial charge in [0, 0.05) is 28.9 Å². The van der Waals surface area contributed by atoms with Gasteiger partial charge in [0.1, 0.15) is 5.01 Å². The Morgan fingerprint density at radius 1 is 0.931 bits per heavy atom. The normalized spacial score (nSPS) is 11.4. The minimum atomic E-state index is 0.687. The predicted molar refractivity (Wildman–Crippen MR) is 116 cm³/mol. The van der Waals surface area contributed by atoms with Crippen LogP contribution in [0.25, 0.3) is 48.4 Å². The van der Waals surface area contributed by atoms with E-state index in [2.05, 4.69) is 38.8 Å². The Balaban J connectivity index is 1.58. The van der Waals surface area contributed by atoms with Crippen LogP contribution in [-0.2, 0) is 0 Å². The maximum Gasteiger partial charge on any atom is 0.235 e. The van der Waals surface area contributed by atoms with E-state index in [4.69, 9.17) is 10.1 Å². The molecule has 0 unspecified atom stereocenters. The van der Waals surface area contributed by atoms with Crippen molar-refractivity contribution in [3.8, 4) is 32.5 Å². The molecule has 0 fully saturated rings. The molecule has 0 aliphatic heterocycles. The first-order valence-electron chi connectivity index (χ1n) is 8.93. The Bertz CT molecular complexity index is 1450. The molecule has 5 heterocycles. The van der Waals surface area contributed by atoms with Crippen molar-refractivity contribution >= 4 is 38.5 Å². The molecule has 0 spiro atoms. The van der Waals surface area contributed by atoms with E-state index < -0.39 is 0 Å². The van der Waals surface area contributed by atoms with Gasteiger partial charge in [-0.25, -0.2) is 4.98 Å². The molecule has 0 aliphatic rings. The predicted octanol–water partition coefficient (Wildman–Crippen LogP) is 5.19. The molecule has 6 rings (SSSR count). The van der Waals surface area contributed by atoms with E-state index in [9.17, 15) is 0 Å². The number of pyridine rings is 2. The SMILES string of the molecule is c1cncc(-c2nnc3sc(-c4cc(-c5cccs5)nc5ccccc45)nn23)c1. The highest BCUT2D eigenvalue weighted by atomic mass is 32.1. The third kappa shape index (κ3) is 2.72. The van der Waals surface area contributed by atoms with Crippen molar-refractivity contribution in [3.05, 3.63) is 72.4 Å². The number of hydrogen-bond acceptors (Lipinski definition) is 7. The minimum absolute atomic E-state index is 0.687. The van der Waals surface area contributed by atoms with Gasteiger partial charge in [-0.15, -0.1) is 21.5 Å². The number of benzene rings is 1. The van der Waals surface area contributed by atoms with Crippen LogP contribution in [0.3, 0.4) is 0 Å². The van der Waals surface area contributed by atoms with E-state index in [1.165, 1.54) is 11.3 Å². The Kier molecular flexibility index (Phi) is 3.71. The van der Waals surface area contributed by atoms with Crippen LogP contribution < -0.4 is 0 Å². The van der Waals surface area contributed by atoms with Crippen LogP contribution >= 0.6 is 22.7 Å². The summed E-state index contributed by atoms with van der Waals surface area (Å²) < 4.78 is 1.79. The van der Waals surface area contributed by atoms with Crippen molar-refractivity contribution in [1.29, 1.82) is 0 Å². The van der Waals surface area contributed by atoms with E-state index in [0.717, 1.165) is 42.6 Å². The monoisotopic (exact) mass is 412 g/mol. The van der Waals surface area contributed by atoms with Gasteiger partial charge in [-0.05, 0) is 35.7 Å². The van der Waals surface area contributed by atoms with Crippen LogP contribution in [0.15, 0.2) is 72.4 Å². The Morgan fingerprint density at radius 3 is 2.76 bits per heavy atom. The van der Waals surface area contributed by atoms with Gasteiger partial charge in [0.25, 0.3) is 0 Å². The largest absolute Gasteiger partial charge is 0.264 e. The van der Waals surface area contributed by atoms with Crippen molar-refractivity contribution in [3.63, 3.8) is 0 Å². The topological polar surface area (TPSA) is 68.9 Å². The standard InChI is InChI=1S/C21H12N6S2/c1-2-7-16-14(6-1)15(11-17(23-16)18-8-4-10-28-18)20-26-27-19(24-25-21(27)29-20)13-5-3-9-22-12-13/h1-12H. The molecule has 0 bridgehead atoms. The second-order valence-electron chi connectivity index (χ2n) is 6.42. The zero-order valence-corrected chi connectivity index (χ0v) is 16.6. The first-order chi connectivity index (χ1) is 14.4. The summed E-state index contributed by atoms with van der Waals surface area (Å²) in [6, 6.07) is 18.2. The Morgan fingerprint density at radius 2 is 1.90 bits per heavy atom. The van der Waals surface area contributed by atoms with Crippen LogP contribution in [0.5, 0.6) is 0 Å². The van der Waals surface area contributed by atoms with E-state index in [1.807, 2.05) is 36.4 Å². The zero-order valence-electron chi connectivity index (χ0n) is 14.9. The third-order valence-corrected chi connectivity index (χ3v) is 6.46. The van der Waals surface area contributed by atoms with Crippen LogP contribution in [-0.4, -0.2) is 29.8 Å². The molecule has 5 aromatic heterocycles. The van der Waals surface area contributed by atoms with Gasteiger partial charge in [-0.2, -0.15) is 9.61 Å². The summed E-state index contributed by atoms with van der Waals surface area (Å²) in [5, 5.41) is 17.5. The van der Waals surface area contributed by atoms with Gasteiger partial charge in [-0.3, -0.25) is 4.98 Å². The highest BCUT2D eigenvalue weighted by Crippen LogP contribution is 2.36. The molecule has 8 heteroatoms. The second kappa shape index (κ2) is 6.54. The van der Waals surface area contributed by atoms with E-state index >= 15 is 0 Å². The molecular formula is C21H12N6S2. The van der Waals surface area contributed by atoms with Crippen LogP contribution in [0.4, 0.5) is 0 Å². The van der Waals surface area contributed by atoms with Crippen LogP contribution in [0.1, 0.15) is 0 Å². The van der Waals surface area contributed by atoms with Gasteiger partial charge in [0.15, 0.2) is 5.82 Å². The number of rotatable bonds is 3. The third-order valence-electron chi connectivity index (χ3n) is 4.63. The molecule has 0 aliphatic carbocycles. The van der Waals surface area contributed by atoms with Crippen molar-refractivity contribution in [1.82, 2.24) is 29.8 Å². The summed E-state index contributed by atoms with van der Waals surface area (Å²) in [6.07, 6.45) is 3.51. The second-order valence-corrected chi connectivity index (χ2v) is 8.32. The van der Waals surface area contributed by atoms with Crippen molar-refractivity contribution in [2.75, 3.05) is 0 Å². The van der Waals surface area contributed by atoms with E-state index in [1.54, 1.807) is 28.2 Å². The lowest BCUT2D eigenvalue weighted by Gasteiger charge is -2.06. The number of para-hydroxylation sites is 1. The summed E-state index contributed by atoms with van der Waals surface area (Å²) >= 11 is 3.20. The molecule has 6 aromatic rings. The maximum atomic E-state index is 4.85. The highest BCUT2D eigenvalue weighted by molar-refractivity contribution is 7.20. The molecule has 6 nitrogen and oxygen atoms in total. The molecule has 0 saturated heterocycles. The van der Waals surface area contributed by atoms with Gasteiger partial charge in [-0.1, -0.05) is 35.6 Å². The fourth-order valence-electron chi connectivity index (χ4n) is 3.30. The summed E-state index contributed by atoms with van der Waals surface area (Å²) in [5.41, 5.74) is 3.83. The van der Waals surface area contributed by atoms with Crippen LogP contribution in [0.2, 0.25) is 0 Å². The van der Waals surface area contributed by atoms with Crippen molar-refractivity contribution < 1.29 is 0 Å². The number of hydrogen-bond donors (Lipinski definition) is 0. The maximum absolute atomic E-state index is 4.85. The van der Waals surface area contributed by atoms with Gasteiger partial charge in [0.05, 0.1) is 16.1 Å². The molecule has 0 N–H and O–H groups in total. The fourth-order valence-corrected chi connectivity index (χ4v) is 4.86. The van der Waals surface area contributed by atoms with Gasteiger partial charge >= 0.3 is 0 Å². The number of aromatic nitrogens is 6. The Hall–Kier alpha value is -3.49. The quantitative estimate of drug-likeness (QED) is 0.400. The number of nitrogens with zero attached hydrogens (tertiary/aromatic N) is 6. The summed E-state index contributed by atoms with van der Waals surface area (Å²) in [5.74, 6) is 0.687. The lowest BCUT2D eigenvalue weighted by Crippen LogP contribution is -1.92. The smallest absolute Gasteiger partial charge is 0.235 e. The lowest BCUT2D eigenvalue weighted by molar-refractivity contribution is 0.969. The number of fused-ring (bicyclic) bond motifs is 2. The molecule has 1 aromatic carbocycles. The first-order valence-corrected chi connectivity index (χ1v) is 10.6. The van der Waals surface area contributed by atoms with Crippen molar-refractivity contribution in [2.45, 2.75) is 0 Å². The summed E-state index contributed by atoms with van der Waals surface area (Å²) in [7, 11) is 0. The van der Waals surface area contributed by atoms with Gasteiger partial charge in [0.2, 0.25) is 4.96 Å². The van der Waals surface area contributed by atoms with E-state index in [0.29, 0.717) is 5.82 Å². The highest BCUT2D eigenvalue weighted by Gasteiger charge is 2.17. The molecule has 138 valence electrons.